The molecule has 0 saturated carbocycles. The lowest BCUT2D eigenvalue weighted by Crippen LogP contribution is -2.11. The van der Waals surface area contributed by atoms with Crippen molar-refractivity contribution in [2.45, 2.75) is 31.7 Å². The van der Waals surface area contributed by atoms with Crippen molar-refractivity contribution in [1.82, 2.24) is 24.7 Å². The number of fused-ring (bicyclic) bond motifs is 1. The van der Waals surface area contributed by atoms with Gasteiger partial charge in [0.05, 0.1) is 5.56 Å². The number of halogens is 1. The van der Waals surface area contributed by atoms with E-state index in [0.717, 1.165) is 36.8 Å². The van der Waals surface area contributed by atoms with E-state index in [1.54, 1.807) is 16.9 Å². The fraction of sp³-hybridized carbons (Fsp3) is 0.333. The van der Waals surface area contributed by atoms with E-state index in [1.807, 2.05) is 13.1 Å². The molecular formula is C18H20FN7. The Morgan fingerprint density at radius 2 is 2.15 bits per heavy atom. The summed E-state index contributed by atoms with van der Waals surface area (Å²) in [6, 6.07) is 5.05. The molecule has 1 atom stereocenters. The fourth-order valence-corrected chi connectivity index (χ4v) is 3.28. The molecule has 4 rings (SSSR count). The van der Waals surface area contributed by atoms with Crippen LogP contribution < -0.4 is 11.1 Å². The Labute approximate surface area is 150 Å². The highest BCUT2D eigenvalue weighted by Gasteiger charge is 2.20. The zero-order chi connectivity index (χ0) is 18.1. The van der Waals surface area contributed by atoms with Crippen LogP contribution in [0.4, 0.5) is 16.2 Å². The van der Waals surface area contributed by atoms with Crippen LogP contribution in [0, 0.1) is 5.82 Å². The summed E-state index contributed by atoms with van der Waals surface area (Å²) in [5, 5.41) is 7.22. The highest BCUT2D eigenvalue weighted by molar-refractivity contribution is 5.60. The lowest BCUT2D eigenvalue weighted by Gasteiger charge is -2.14. The third-order valence-corrected chi connectivity index (χ3v) is 4.61. The van der Waals surface area contributed by atoms with Crippen LogP contribution in [0.1, 0.15) is 36.4 Å². The summed E-state index contributed by atoms with van der Waals surface area (Å²) in [4.78, 5) is 12.6. The van der Waals surface area contributed by atoms with E-state index in [2.05, 4.69) is 25.4 Å². The van der Waals surface area contributed by atoms with Gasteiger partial charge in [-0.3, -0.25) is 4.68 Å². The first kappa shape index (κ1) is 16.6. The van der Waals surface area contributed by atoms with Crippen LogP contribution in [0.3, 0.4) is 0 Å². The molecule has 0 amide bonds. The summed E-state index contributed by atoms with van der Waals surface area (Å²) >= 11 is 0. The lowest BCUT2D eigenvalue weighted by molar-refractivity contribution is 0.601. The lowest BCUT2D eigenvalue weighted by atomic mass is 9.96. The topological polar surface area (TPSA) is 94.5 Å². The van der Waals surface area contributed by atoms with Gasteiger partial charge in [0, 0.05) is 25.4 Å². The molecule has 0 bridgehead atoms. The Kier molecular flexibility index (Phi) is 4.34. The first-order valence-corrected chi connectivity index (χ1v) is 8.64. The minimum absolute atomic E-state index is 0.115. The minimum Gasteiger partial charge on any atom is -0.324 e. The molecule has 1 aliphatic rings. The van der Waals surface area contributed by atoms with E-state index in [1.165, 1.54) is 12.4 Å². The monoisotopic (exact) mass is 353 g/mol. The molecular weight excluding hydrogens is 333 g/mol. The van der Waals surface area contributed by atoms with Gasteiger partial charge in [0.15, 0.2) is 11.6 Å². The molecule has 2 aromatic heterocycles. The van der Waals surface area contributed by atoms with Crippen LogP contribution in [0.5, 0.6) is 0 Å². The molecule has 134 valence electrons. The van der Waals surface area contributed by atoms with Crippen molar-refractivity contribution >= 4 is 11.8 Å². The highest BCUT2D eigenvalue weighted by Crippen LogP contribution is 2.32. The maximum atomic E-state index is 14.7. The second-order valence-electron chi connectivity index (χ2n) is 6.52. The Hall–Kier alpha value is -2.87. The standard InChI is InChI=1S/C18H20FN7/c1-26-7-6-16(25-26)23-18-22-10-21-17(24-18)13-8-11-4-2-3-5-15(20)12(11)9-14(13)19/h6-10,15H,2-5,20H2,1H3,(H,21,22,23,24,25). The number of nitrogens with one attached hydrogen (secondary N) is 1. The van der Waals surface area contributed by atoms with Crippen LogP contribution in [0.25, 0.3) is 11.4 Å². The average molecular weight is 353 g/mol. The van der Waals surface area contributed by atoms with Crippen molar-refractivity contribution in [3.63, 3.8) is 0 Å². The molecule has 7 nitrogen and oxygen atoms in total. The molecule has 0 radical (unpaired) electrons. The van der Waals surface area contributed by atoms with E-state index in [9.17, 15) is 4.39 Å². The smallest absolute Gasteiger partial charge is 0.231 e. The van der Waals surface area contributed by atoms with Crippen molar-refractivity contribution in [2.75, 3.05) is 5.32 Å². The summed E-state index contributed by atoms with van der Waals surface area (Å²) in [6.07, 6.45) is 7.05. The molecule has 0 aliphatic heterocycles. The van der Waals surface area contributed by atoms with Crippen molar-refractivity contribution in [1.29, 1.82) is 0 Å². The number of hydrogen-bond acceptors (Lipinski definition) is 6. The summed E-state index contributed by atoms with van der Waals surface area (Å²) in [5.74, 6) is 0.852. The predicted molar refractivity (Wildman–Crippen MR) is 96.2 cm³/mol. The van der Waals surface area contributed by atoms with E-state index in [4.69, 9.17) is 5.73 Å². The Bertz CT molecular complexity index is 937. The van der Waals surface area contributed by atoms with E-state index in [0.29, 0.717) is 17.3 Å². The number of nitrogens with two attached hydrogens (primary N) is 1. The maximum Gasteiger partial charge on any atom is 0.231 e. The molecule has 0 saturated heterocycles. The SMILES string of the molecule is Cn1ccc(Nc2ncnc(-c3cc4c(cc3F)C(N)CCCC4)n2)n1. The Morgan fingerprint density at radius 1 is 1.27 bits per heavy atom. The van der Waals surface area contributed by atoms with E-state index >= 15 is 0 Å². The zero-order valence-electron chi connectivity index (χ0n) is 14.5. The summed E-state index contributed by atoms with van der Waals surface area (Å²) in [7, 11) is 1.82. The molecule has 1 aromatic carbocycles. The number of nitrogens with zero attached hydrogens (tertiary/aromatic N) is 5. The van der Waals surface area contributed by atoms with E-state index in [-0.39, 0.29) is 17.7 Å². The second kappa shape index (κ2) is 6.80. The van der Waals surface area contributed by atoms with Gasteiger partial charge < -0.3 is 11.1 Å². The molecule has 1 aliphatic carbocycles. The summed E-state index contributed by atoms with van der Waals surface area (Å²) in [5.41, 5.74) is 8.52. The Morgan fingerprint density at radius 3 is 2.96 bits per heavy atom. The normalized spacial score (nSPS) is 16.8. The number of aryl methyl sites for hydroxylation is 2. The van der Waals surface area contributed by atoms with Crippen molar-refractivity contribution < 1.29 is 4.39 Å². The van der Waals surface area contributed by atoms with Gasteiger partial charge in [-0.15, -0.1) is 0 Å². The van der Waals surface area contributed by atoms with Gasteiger partial charge in [0.1, 0.15) is 12.1 Å². The largest absolute Gasteiger partial charge is 0.324 e. The quantitative estimate of drug-likeness (QED) is 0.703. The van der Waals surface area contributed by atoms with Gasteiger partial charge in [-0.05, 0) is 42.5 Å². The number of hydrogen-bond donors (Lipinski definition) is 2. The van der Waals surface area contributed by atoms with Crippen LogP contribution in [-0.2, 0) is 13.5 Å². The second-order valence-corrected chi connectivity index (χ2v) is 6.52. The third-order valence-electron chi connectivity index (χ3n) is 4.61. The zero-order valence-corrected chi connectivity index (χ0v) is 14.5. The number of anilines is 2. The average Bonchev–Trinajstić information content (AvgIpc) is 2.95. The number of benzene rings is 1. The van der Waals surface area contributed by atoms with E-state index < -0.39 is 0 Å². The predicted octanol–water partition coefficient (Wildman–Crippen LogP) is 2.88. The maximum absolute atomic E-state index is 14.7. The summed E-state index contributed by atoms with van der Waals surface area (Å²) < 4.78 is 16.4. The molecule has 8 heteroatoms. The number of aromatic nitrogens is 5. The van der Waals surface area contributed by atoms with Crippen LogP contribution in [-0.4, -0.2) is 24.7 Å². The summed E-state index contributed by atoms with van der Waals surface area (Å²) in [6.45, 7) is 0. The molecule has 2 heterocycles. The molecule has 0 spiro atoms. The van der Waals surface area contributed by atoms with Crippen molar-refractivity contribution in [2.24, 2.45) is 12.8 Å². The number of rotatable bonds is 3. The first-order chi connectivity index (χ1) is 12.6. The van der Waals surface area contributed by atoms with Crippen molar-refractivity contribution in [3.8, 4) is 11.4 Å². The van der Waals surface area contributed by atoms with Gasteiger partial charge in [-0.1, -0.05) is 6.42 Å². The molecule has 0 fully saturated rings. The van der Waals surface area contributed by atoms with Gasteiger partial charge >= 0.3 is 0 Å². The molecule has 1 unspecified atom stereocenters. The minimum atomic E-state index is -0.365. The molecule has 3 aromatic rings. The fourth-order valence-electron chi connectivity index (χ4n) is 3.28. The highest BCUT2D eigenvalue weighted by atomic mass is 19.1. The molecule has 3 N–H and O–H groups in total. The van der Waals surface area contributed by atoms with Gasteiger partial charge in [-0.2, -0.15) is 10.1 Å². The van der Waals surface area contributed by atoms with Crippen molar-refractivity contribution in [3.05, 3.63) is 47.7 Å². The van der Waals surface area contributed by atoms with Crippen LogP contribution in [0.15, 0.2) is 30.7 Å². The van der Waals surface area contributed by atoms with Gasteiger partial charge in [-0.25, -0.2) is 14.4 Å². The first-order valence-electron chi connectivity index (χ1n) is 8.64. The molecule has 26 heavy (non-hydrogen) atoms. The van der Waals surface area contributed by atoms with Crippen LogP contribution in [0.2, 0.25) is 0 Å². The third kappa shape index (κ3) is 3.28. The Balaban J connectivity index is 1.69. The van der Waals surface area contributed by atoms with Gasteiger partial charge in [0.25, 0.3) is 0 Å². The van der Waals surface area contributed by atoms with Gasteiger partial charge in [0.2, 0.25) is 5.95 Å². The van der Waals surface area contributed by atoms with Crippen LogP contribution >= 0.6 is 0 Å².